The number of anilines is 2. The van der Waals surface area contributed by atoms with Gasteiger partial charge in [0.2, 0.25) is 5.91 Å². The molecule has 2 aliphatic heterocycles. The summed E-state index contributed by atoms with van der Waals surface area (Å²) in [6.07, 6.45) is 4.38. The Bertz CT molecular complexity index is 562. The smallest absolute Gasteiger partial charge is 0.225 e. The minimum Gasteiger partial charge on any atom is -0.376 e. The van der Waals surface area contributed by atoms with Gasteiger partial charge < -0.3 is 19.9 Å². The van der Waals surface area contributed by atoms with Gasteiger partial charge in [-0.15, -0.1) is 10.2 Å². The van der Waals surface area contributed by atoms with Gasteiger partial charge in [0.1, 0.15) is 5.82 Å². The molecule has 3 rings (SSSR count). The molecule has 3 heterocycles. The minimum absolute atomic E-state index is 0.163. The Labute approximate surface area is 156 Å². The first-order chi connectivity index (χ1) is 12.7. The van der Waals surface area contributed by atoms with E-state index in [1.165, 1.54) is 0 Å². The number of ether oxygens (including phenoxy) is 1. The van der Waals surface area contributed by atoms with Crippen molar-refractivity contribution in [2.24, 2.45) is 5.92 Å². The van der Waals surface area contributed by atoms with Crippen LogP contribution in [-0.2, 0) is 9.53 Å². The van der Waals surface area contributed by atoms with E-state index < -0.39 is 0 Å². The Kier molecular flexibility index (Phi) is 6.66. The number of amides is 1. The summed E-state index contributed by atoms with van der Waals surface area (Å²) in [6.45, 7) is 8.96. The predicted octanol–water partition coefficient (Wildman–Crippen LogP) is 2.15. The molecule has 0 bridgehead atoms. The predicted molar refractivity (Wildman–Crippen MR) is 102 cm³/mol. The molecule has 0 aliphatic carbocycles. The van der Waals surface area contributed by atoms with Gasteiger partial charge in [0.15, 0.2) is 5.82 Å². The van der Waals surface area contributed by atoms with Crippen molar-refractivity contribution < 1.29 is 9.53 Å². The monoisotopic (exact) mass is 361 g/mol. The maximum Gasteiger partial charge on any atom is 0.225 e. The molecule has 2 fully saturated rings. The van der Waals surface area contributed by atoms with E-state index >= 15 is 0 Å². The van der Waals surface area contributed by atoms with Gasteiger partial charge >= 0.3 is 0 Å². The van der Waals surface area contributed by atoms with Crippen LogP contribution in [0.1, 0.15) is 39.5 Å². The number of aromatic nitrogens is 2. The molecule has 0 spiro atoms. The second-order valence-electron chi connectivity index (χ2n) is 7.12. The lowest BCUT2D eigenvalue weighted by molar-refractivity contribution is -0.136. The Morgan fingerprint density at radius 3 is 2.58 bits per heavy atom. The molecule has 144 valence electrons. The standard InChI is InChI=1S/C19H31N5O2/c1-3-15(4-2)19(25)24-11-9-23(10-12-24)18-8-7-17(21-22-18)20-14-16-6-5-13-26-16/h7-8,15-16H,3-6,9-14H2,1-2H3,(H,20,21). The van der Waals surface area contributed by atoms with Crippen LogP contribution >= 0.6 is 0 Å². The lowest BCUT2D eigenvalue weighted by Crippen LogP contribution is -2.50. The molecular formula is C19H31N5O2. The first kappa shape index (κ1) is 18.9. The highest BCUT2D eigenvalue weighted by Crippen LogP contribution is 2.18. The van der Waals surface area contributed by atoms with Gasteiger partial charge in [-0.05, 0) is 37.8 Å². The van der Waals surface area contributed by atoms with Gasteiger partial charge in [0.05, 0.1) is 6.10 Å². The Morgan fingerprint density at radius 2 is 2.00 bits per heavy atom. The van der Waals surface area contributed by atoms with Gasteiger partial charge in [-0.2, -0.15) is 0 Å². The normalized spacial score (nSPS) is 20.7. The lowest BCUT2D eigenvalue weighted by atomic mass is 10.0. The largest absolute Gasteiger partial charge is 0.376 e. The van der Waals surface area contributed by atoms with Crippen LogP contribution in [-0.4, -0.2) is 66.4 Å². The lowest BCUT2D eigenvalue weighted by Gasteiger charge is -2.36. The molecule has 7 nitrogen and oxygen atoms in total. The van der Waals surface area contributed by atoms with Gasteiger partial charge in [-0.1, -0.05) is 13.8 Å². The average molecular weight is 361 g/mol. The van der Waals surface area contributed by atoms with Crippen LogP contribution in [0.4, 0.5) is 11.6 Å². The van der Waals surface area contributed by atoms with E-state index in [-0.39, 0.29) is 12.0 Å². The summed E-state index contributed by atoms with van der Waals surface area (Å²) in [6, 6.07) is 3.97. The van der Waals surface area contributed by atoms with Crippen molar-refractivity contribution in [1.29, 1.82) is 0 Å². The molecule has 2 aliphatic rings. The van der Waals surface area contributed by atoms with Gasteiger partial charge in [-0.3, -0.25) is 4.79 Å². The van der Waals surface area contributed by atoms with E-state index in [0.717, 1.165) is 76.6 Å². The first-order valence-electron chi connectivity index (χ1n) is 9.94. The summed E-state index contributed by atoms with van der Waals surface area (Å²) in [5, 5.41) is 11.9. The maximum atomic E-state index is 12.5. The van der Waals surface area contributed by atoms with Crippen molar-refractivity contribution in [3.8, 4) is 0 Å². The summed E-state index contributed by atoms with van der Waals surface area (Å²) in [7, 11) is 0. The molecular weight excluding hydrogens is 330 g/mol. The van der Waals surface area contributed by atoms with Crippen LogP contribution in [0, 0.1) is 5.92 Å². The molecule has 2 saturated heterocycles. The van der Waals surface area contributed by atoms with Gasteiger partial charge in [-0.25, -0.2) is 0 Å². The minimum atomic E-state index is 0.163. The van der Waals surface area contributed by atoms with Crippen LogP contribution in [0.25, 0.3) is 0 Å². The van der Waals surface area contributed by atoms with Gasteiger partial charge in [0, 0.05) is 45.2 Å². The number of hydrogen-bond donors (Lipinski definition) is 1. The van der Waals surface area contributed by atoms with Crippen molar-refractivity contribution in [2.45, 2.75) is 45.6 Å². The summed E-state index contributed by atoms with van der Waals surface area (Å²) in [4.78, 5) is 16.7. The third-order valence-corrected chi connectivity index (χ3v) is 5.44. The third kappa shape index (κ3) is 4.63. The van der Waals surface area contributed by atoms with Crippen molar-refractivity contribution in [2.75, 3.05) is 49.5 Å². The molecule has 0 radical (unpaired) electrons. The second kappa shape index (κ2) is 9.16. The molecule has 0 saturated carbocycles. The fourth-order valence-electron chi connectivity index (χ4n) is 3.66. The number of hydrogen-bond acceptors (Lipinski definition) is 6. The Hall–Kier alpha value is -1.89. The van der Waals surface area contributed by atoms with E-state index in [2.05, 4.69) is 34.3 Å². The molecule has 1 aromatic heterocycles. The van der Waals surface area contributed by atoms with Crippen LogP contribution in [0.5, 0.6) is 0 Å². The topological polar surface area (TPSA) is 70.6 Å². The zero-order valence-electron chi connectivity index (χ0n) is 16.0. The summed E-state index contributed by atoms with van der Waals surface area (Å²) in [5.74, 6) is 2.12. The van der Waals surface area contributed by atoms with Gasteiger partial charge in [0.25, 0.3) is 0 Å². The number of nitrogens with zero attached hydrogens (tertiary/aromatic N) is 4. The SMILES string of the molecule is CCC(CC)C(=O)N1CCN(c2ccc(NCC3CCCO3)nn2)CC1. The van der Waals surface area contributed by atoms with Crippen molar-refractivity contribution in [3.05, 3.63) is 12.1 Å². The van der Waals surface area contributed by atoms with Crippen molar-refractivity contribution in [3.63, 3.8) is 0 Å². The fraction of sp³-hybridized carbons (Fsp3) is 0.737. The summed E-state index contributed by atoms with van der Waals surface area (Å²) < 4.78 is 5.60. The second-order valence-corrected chi connectivity index (χ2v) is 7.12. The average Bonchev–Trinajstić information content (AvgIpc) is 3.21. The number of carbonyl (C=O) groups is 1. The summed E-state index contributed by atoms with van der Waals surface area (Å²) >= 11 is 0. The molecule has 1 aromatic rings. The zero-order valence-corrected chi connectivity index (χ0v) is 16.0. The van der Waals surface area contributed by atoms with E-state index in [9.17, 15) is 4.79 Å². The molecule has 1 unspecified atom stereocenters. The van der Waals surface area contributed by atoms with Crippen LogP contribution in [0.2, 0.25) is 0 Å². The quantitative estimate of drug-likeness (QED) is 0.802. The van der Waals surface area contributed by atoms with Crippen molar-refractivity contribution in [1.82, 2.24) is 15.1 Å². The van der Waals surface area contributed by atoms with Crippen LogP contribution < -0.4 is 10.2 Å². The first-order valence-corrected chi connectivity index (χ1v) is 9.94. The number of carbonyl (C=O) groups excluding carboxylic acids is 1. The highest BCUT2D eigenvalue weighted by Gasteiger charge is 2.26. The third-order valence-electron chi connectivity index (χ3n) is 5.44. The van der Waals surface area contributed by atoms with Crippen LogP contribution in [0.3, 0.4) is 0 Å². The number of nitrogens with one attached hydrogen (secondary N) is 1. The molecule has 7 heteroatoms. The highest BCUT2D eigenvalue weighted by atomic mass is 16.5. The Balaban J connectivity index is 1.47. The number of piperazine rings is 1. The van der Waals surface area contributed by atoms with E-state index in [0.29, 0.717) is 5.91 Å². The van der Waals surface area contributed by atoms with Crippen LogP contribution in [0.15, 0.2) is 12.1 Å². The van der Waals surface area contributed by atoms with E-state index in [1.54, 1.807) is 0 Å². The van der Waals surface area contributed by atoms with E-state index in [4.69, 9.17) is 4.74 Å². The maximum absolute atomic E-state index is 12.5. The molecule has 0 aromatic carbocycles. The molecule has 26 heavy (non-hydrogen) atoms. The molecule has 1 atom stereocenters. The molecule has 1 N–H and O–H groups in total. The fourth-order valence-corrected chi connectivity index (χ4v) is 3.66. The van der Waals surface area contributed by atoms with E-state index in [1.807, 2.05) is 17.0 Å². The Morgan fingerprint density at radius 1 is 1.23 bits per heavy atom. The summed E-state index contributed by atoms with van der Waals surface area (Å²) in [5.41, 5.74) is 0. The highest BCUT2D eigenvalue weighted by molar-refractivity contribution is 5.79. The molecule has 1 amide bonds. The van der Waals surface area contributed by atoms with Crippen molar-refractivity contribution >= 4 is 17.5 Å². The zero-order chi connectivity index (χ0) is 18.4. The number of rotatable bonds is 7.